The molecule has 0 atom stereocenters. The highest BCUT2D eigenvalue weighted by Crippen LogP contribution is 2.32. The second-order valence-electron chi connectivity index (χ2n) is 8.76. The zero-order valence-electron chi connectivity index (χ0n) is 19.1. The molecule has 0 bridgehead atoms. The van der Waals surface area contributed by atoms with Crippen LogP contribution in [0.4, 0.5) is 0 Å². The molecule has 2 aliphatic rings. The minimum atomic E-state index is -3.50. The van der Waals surface area contributed by atoms with Gasteiger partial charge in [0.05, 0.1) is 4.90 Å². The zero-order chi connectivity index (χ0) is 23.4. The van der Waals surface area contributed by atoms with E-state index >= 15 is 0 Å². The molecule has 2 aromatic rings. The Kier molecular flexibility index (Phi) is 7.21. The second kappa shape index (κ2) is 10.1. The number of aryl methyl sites for hydroxylation is 1. The van der Waals surface area contributed by atoms with E-state index in [2.05, 4.69) is 15.7 Å². The van der Waals surface area contributed by atoms with Crippen LogP contribution in [-0.2, 0) is 27.8 Å². The molecular formula is C24H31N3O5S. The number of amides is 1. The molecule has 4 rings (SSSR count). The van der Waals surface area contributed by atoms with Crippen LogP contribution in [-0.4, -0.2) is 63.1 Å². The van der Waals surface area contributed by atoms with Crippen molar-refractivity contribution < 1.29 is 22.7 Å². The van der Waals surface area contributed by atoms with Crippen molar-refractivity contribution in [2.75, 3.05) is 33.0 Å². The number of sulfonamides is 1. The summed E-state index contributed by atoms with van der Waals surface area (Å²) in [4.78, 5) is 17.2. The van der Waals surface area contributed by atoms with Gasteiger partial charge in [-0.15, -0.1) is 0 Å². The van der Waals surface area contributed by atoms with Crippen molar-refractivity contribution >= 4 is 15.9 Å². The predicted octanol–water partition coefficient (Wildman–Crippen LogP) is 2.38. The number of rotatable bonds is 8. The van der Waals surface area contributed by atoms with Crippen LogP contribution in [0.2, 0.25) is 0 Å². The molecule has 1 saturated heterocycles. The van der Waals surface area contributed by atoms with E-state index in [-0.39, 0.29) is 23.6 Å². The Morgan fingerprint density at radius 2 is 1.64 bits per heavy atom. The molecule has 1 fully saturated rings. The molecule has 1 amide bonds. The molecular weight excluding hydrogens is 442 g/mol. The van der Waals surface area contributed by atoms with E-state index in [1.54, 1.807) is 38.1 Å². The fraction of sp³-hybridized carbons (Fsp3) is 0.458. The van der Waals surface area contributed by atoms with E-state index in [0.29, 0.717) is 25.9 Å². The number of benzene rings is 2. The number of ether oxygens (including phenoxy) is 2. The van der Waals surface area contributed by atoms with Crippen LogP contribution < -0.4 is 14.2 Å². The van der Waals surface area contributed by atoms with E-state index in [4.69, 9.17) is 9.47 Å². The fourth-order valence-electron chi connectivity index (χ4n) is 4.08. The van der Waals surface area contributed by atoms with Gasteiger partial charge in [-0.05, 0) is 55.7 Å². The van der Waals surface area contributed by atoms with E-state index in [1.165, 1.54) is 5.56 Å². The molecule has 178 valence electrons. The summed E-state index contributed by atoms with van der Waals surface area (Å²) in [5, 5.41) is 0. The monoisotopic (exact) mass is 473 g/mol. The smallest absolute Gasteiger partial charge is 0.240 e. The molecule has 9 heteroatoms. The van der Waals surface area contributed by atoms with Gasteiger partial charge in [-0.1, -0.05) is 18.2 Å². The van der Waals surface area contributed by atoms with Crippen molar-refractivity contribution in [1.29, 1.82) is 0 Å². The lowest BCUT2D eigenvalue weighted by molar-refractivity contribution is -0.133. The zero-order valence-corrected chi connectivity index (χ0v) is 19.9. The van der Waals surface area contributed by atoms with E-state index < -0.39 is 10.0 Å². The van der Waals surface area contributed by atoms with Crippen LogP contribution in [0.5, 0.6) is 11.5 Å². The molecule has 0 saturated carbocycles. The number of nitrogens with one attached hydrogen (secondary N) is 1. The maximum absolute atomic E-state index is 12.7. The van der Waals surface area contributed by atoms with Crippen LogP contribution in [0.3, 0.4) is 0 Å². The molecule has 0 radical (unpaired) electrons. The minimum absolute atomic E-state index is 0.135. The van der Waals surface area contributed by atoms with Crippen molar-refractivity contribution in [3.05, 3.63) is 53.6 Å². The topological polar surface area (TPSA) is 88.2 Å². The van der Waals surface area contributed by atoms with Gasteiger partial charge in [0.2, 0.25) is 22.7 Å². The standard InChI is InChI=1S/C24H31N3O5S/c1-18(2)25-33(29,30)21-7-3-19(4-8-21)6-10-24(28)27-13-11-26(12-14-27)16-20-5-9-22-23(15-20)32-17-31-22/h3-5,7-9,15,18,25H,6,10-14,16-17H2,1-2H3. The van der Waals surface area contributed by atoms with Gasteiger partial charge in [0.1, 0.15) is 0 Å². The van der Waals surface area contributed by atoms with Gasteiger partial charge >= 0.3 is 0 Å². The van der Waals surface area contributed by atoms with Gasteiger partial charge in [-0.25, -0.2) is 13.1 Å². The van der Waals surface area contributed by atoms with Gasteiger partial charge in [0.25, 0.3) is 0 Å². The molecule has 2 aliphatic heterocycles. The summed E-state index contributed by atoms with van der Waals surface area (Å²) in [6, 6.07) is 12.6. The largest absolute Gasteiger partial charge is 0.454 e. The highest BCUT2D eigenvalue weighted by atomic mass is 32.2. The van der Waals surface area contributed by atoms with E-state index in [1.807, 2.05) is 17.0 Å². The third-order valence-electron chi connectivity index (χ3n) is 5.82. The molecule has 8 nitrogen and oxygen atoms in total. The number of nitrogens with zero attached hydrogens (tertiary/aromatic N) is 2. The Bertz CT molecular complexity index is 1080. The lowest BCUT2D eigenvalue weighted by Crippen LogP contribution is -2.48. The number of hydrogen-bond donors (Lipinski definition) is 1. The fourth-order valence-corrected chi connectivity index (χ4v) is 5.33. The molecule has 0 aromatic heterocycles. The van der Waals surface area contributed by atoms with Crippen LogP contribution in [0.1, 0.15) is 31.4 Å². The van der Waals surface area contributed by atoms with Gasteiger partial charge < -0.3 is 14.4 Å². The highest BCUT2D eigenvalue weighted by Gasteiger charge is 2.22. The summed E-state index contributed by atoms with van der Waals surface area (Å²) in [6.45, 7) is 7.75. The summed E-state index contributed by atoms with van der Waals surface area (Å²) in [5.74, 6) is 1.72. The number of hydrogen-bond acceptors (Lipinski definition) is 6. The summed E-state index contributed by atoms with van der Waals surface area (Å²) in [6.07, 6.45) is 1.01. The van der Waals surface area contributed by atoms with Gasteiger partial charge in [-0.3, -0.25) is 9.69 Å². The summed E-state index contributed by atoms with van der Waals surface area (Å²) in [7, 11) is -3.50. The Morgan fingerprint density at radius 1 is 0.970 bits per heavy atom. The minimum Gasteiger partial charge on any atom is -0.454 e. The van der Waals surface area contributed by atoms with Gasteiger partial charge in [0.15, 0.2) is 11.5 Å². The summed E-state index contributed by atoms with van der Waals surface area (Å²) < 4.78 is 37.8. The van der Waals surface area contributed by atoms with Crippen LogP contribution >= 0.6 is 0 Å². The molecule has 0 spiro atoms. The van der Waals surface area contributed by atoms with Crippen molar-refractivity contribution in [3.8, 4) is 11.5 Å². The predicted molar refractivity (Wildman–Crippen MR) is 125 cm³/mol. The quantitative estimate of drug-likeness (QED) is 0.633. The summed E-state index contributed by atoms with van der Waals surface area (Å²) in [5.41, 5.74) is 2.13. The van der Waals surface area contributed by atoms with Crippen LogP contribution in [0, 0.1) is 0 Å². The van der Waals surface area contributed by atoms with Gasteiger partial charge in [-0.2, -0.15) is 0 Å². The van der Waals surface area contributed by atoms with Crippen LogP contribution in [0.15, 0.2) is 47.4 Å². The van der Waals surface area contributed by atoms with Crippen molar-refractivity contribution in [2.45, 2.75) is 44.2 Å². The lowest BCUT2D eigenvalue weighted by atomic mass is 10.1. The van der Waals surface area contributed by atoms with Crippen molar-refractivity contribution in [1.82, 2.24) is 14.5 Å². The first kappa shape index (κ1) is 23.5. The highest BCUT2D eigenvalue weighted by molar-refractivity contribution is 7.89. The average molecular weight is 474 g/mol. The van der Waals surface area contributed by atoms with Gasteiger partial charge in [0, 0.05) is 45.2 Å². The molecule has 0 unspecified atom stereocenters. The number of fused-ring (bicyclic) bond motifs is 1. The molecule has 2 aromatic carbocycles. The molecule has 2 heterocycles. The van der Waals surface area contributed by atoms with Crippen molar-refractivity contribution in [3.63, 3.8) is 0 Å². The van der Waals surface area contributed by atoms with E-state index in [0.717, 1.165) is 36.7 Å². The Hall–Kier alpha value is -2.62. The Labute approximate surface area is 195 Å². The summed E-state index contributed by atoms with van der Waals surface area (Å²) >= 11 is 0. The Morgan fingerprint density at radius 3 is 2.33 bits per heavy atom. The normalized spacial score (nSPS) is 16.4. The number of piperazine rings is 1. The molecule has 1 N–H and O–H groups in total. The SMILES string of the molecule is CC(C)NS(=O)(=O)c1ccc(CCC(=O)N2CCN(Cc3ccc4c(c3)OCO4)CC2)cc1. The molecule has 0 aliphatic carbocycles. The lowest BCUT2D eigenvalue weighted by Gasteiger charge is -2.35. The first-order valence-electron chi connectivity index (χ1n) is 11.3. The number of carbonyl (C=O) groups is 1. The maximum Gasteiger partial charge on any atom is 0.240 e. The third-order valence-corrected chi connectivity index (χ3v) is 7.49. The van der Waals surface area contributed by atoms with E-state index in [9.17, 15) is 13.2 Å². The second-order valence-corrected chi connectivity index (χ2v) is 10.5. The molecule has 33 heavy (non-hydrogen) atoms. The number of carbonyl (C=O) groups excluding carboxylic acids is 1. The first-order chi connectivity index (χ1) is 15.8. The van der Waals surface area contributed by atoms with Crippen molar-refractivity contribution in [2.24, 2.45) is 0 Å². The average Bonchev–Trinajstić information content (AvgIpc) is 3.25. The third kappa shape index (κ3) is 6.04. The maximum atomic E-state index is 12.7. The first-order valence-corrected chi connectivity index (χ1v) is 12.8. The van der Waals surface area contributed by atoms with Crippen LogP contribution in [0.25, 0.3) is 0 Å². The Balaban J connectivity index is 1.22.